The summed E-state index contributed by atoms with van der Waals surface area (Å²) in [5.74, 6) is -0.0558. The van der Waals surface area contributed by atoms with E-state index in [-0.39, 0.29) is 18.3 Å². The van der Waals surface area contributed by atoms with Crippen LogP contribution in [0.2, 0.25) is 5.02 Å². The van der Waals surface area contributed by atoms with Crippen molar-refractivity contribution in [3.63, 3.8) is 0 Å². The fourth-order valence-corrected chi connectivity index (χ4v) is 5.06. The predicted octanol–water partition coefficient (Wildman–Crippen LogP) is 5.07. The molecule has 0 N–H and O–H groups in total. The molecule has 1 aliphatic heterocycles. The number of halogens is 2. The molecule has 1 aromatic heterocycles. The van der Waals surface area contributed by atoms with Gasteiger partial charge in [0.2, 0.25) is 0 Å². The maximum Gasteiger partial charge on any atom is 0.260 e. The van der Waals surface area contributed by atoms with Gasteiger partial charge in [-0.05, 0) is 42.7 Å². The maximum absolute atomic E-state index is 13.4. The second-order valence-electron chi connectivity index (χ2n) is 6.72. The predicted molar refractivity (Wildman–Crippen MR) is 129 cm³/mol. The number of benzene rings is 2. The Hall–Kier alpha value is -1.35. The second kappa shape index (κ2) is 10.8. The molecule has 0 radical (unpaired) electrons. The van der Waals surface area contributed by atoms with Crippen molar-refractivity contribution in [2.45, 2.75) is 4.90 Å². The van der Waals surface area contributed by atoms with E-state index in [0.29, 0.717) is 17.1 Å². The number of nitrogens with zero attached hydrogens (tertiary/aromatic N) is 3. The van der Waals surface area contributed by atoms with Gasteiger partial charge in [-0.15, -0.1) is 24.2 Å². The lowest BCUT2D eigenvalue weighted by Gasteiger charge is -2.29. The minimum Gasteiger partial charge on any atom is -0.379 e. The maximum atomic E-state index is 13.4. The molecule has 0 aliphatic carbocycles. The molecule has 2 heterocycles. The van der Waals surface area contributed by atoms with Crippen LogP contribution >= 0.6 is 47.1 Å². The number of anilines is 1. The van der Waals surface area contributed by atoms with E-state index in [4.69, 9.17) is 21.3 Å². The quantitative estimate of drug-likeness (QED) is 0.457. The topological polar surface area (TPSA) is 45.7 Å². The summed E-state index contributed by atoms with van der Waals surface area (Å²) in [5.41, 5.74) is 1.57. The Morgan fingerprint density at radius 2 is 1.97 bits per heavy atom. The second-order valence-corrected chi connectivity index (χ2v) is 9.01. The first kappa shape index (κ1) is 23.3. The average molecular weight is 484 g/mol. The van der Waals surface area contributed by atoms with Crippen molar-refractivity contribution in [3.05, 3.63) is 53.1 Å². The summed E-state index contributed by atoms with van der Waals surface area (Å²) in [6.07, 6.45) is 2.04. The smallest absolute Gasteiger partial charge is 0.260 e. The molecule has 3 aromatic rings. The number of para-hydroxylation sites is 1. The van der Waals surface area contributed by atoms with E-state index in [9.17, 15) is 4.79 Å². The number of amides is 1. The molecule has 0 unspecified atom stereocenters. The van der Waals surface area contributed by atoms with Gasteiger partial charge in [0.05, 0.1) is 23.4 Å². The van der Waals surface area contributed by atoms with Gasteiger partial charge < -0.3 is 4.74 Å². The van der Waals surface area contributed by atoms with Crippen molar-refractivity contribution in [2.24, 2.45) is 0 Å². The number of hydrogen-bond donors (Lipinski definition) is 0. The number of aromatic nitrogens is 1. The van der Waals surface area contributed by atoms with Crippen LogP contribution in [-0.2, 0) is 4.74 Å². The molecule has 4 rings (SSSR count). The van der Waals surface area contributed by atoms with Crippen LogP contribution in [-0.4, -0.2) is 61.4 Å². The van der Waals surface area contributed by atoms with E-state index >= 15 is 0 Å². The molecule has 0 spiro atoms. The molecule has 2 aromatic carbocycles. The zero-order valence-electron chi connectivity index (χ0n) is 16.5. The van der Waals surface area contributed by atoms with Crippen LogP contribution < -0.4 is 4.90 Å². The zero-order valence-corrected chi connectivity index (χ0v) is 19.8. The van der Waals surface area contributed by atoms with Crippen LogP contribution in [0.4, 0.5) is 5.13 Å². The highest BCUT2D eigenvalue weighted by Gasteiger charge is 2.23. The molecular formula is C21H23Cl2N3O2S2. The van der Waals surface area contributed by atoms with Crippen molar-refractivity contribution in [1.82, 2.24) is 9.88 Å². The van der Waals surface area contributed by atoms with Gasteiger partial charge in [0.1, 0.15) is 0 Å². The van der Waals surface area contributed by atoms with Crippen LogP contribution in [0.3, 0.4) is 0 Å². The number of thiazole rings is 1. The summed E-state index contributed by atoms with van der Waals surface area (Å²) < 4.78 is 6.53. The van der Waals surface area contributed by atoms with Gasteiger partial charge in [-0.1, -0.05) is 29.0 Å². The van der Waals surface area contributed by atoms with Gasteiger partial charge in [-0.3, -0.25) is 14.6 Å². The Morgan fingerprint density at radius 1 is 1.23 bits per heavy atom. The van der Waals surface area contributed by atoms with E-state index in [1.807, 2.05) is 12.3 Å². The van der Waals surface area contributed by atoms with Crippen LogP contribution in [0.1, 0.15) is 10.4 Å². The first-order valence-electron chi connectivity index (χ1n) is 9.47. The number of hydrogen-bond acceptors (Lipinski definition) is 6. The van der Waals surface area contributed by atoms with Crippen LogP contribution in [0.5, 0.6) is 0 Å². The third kappa shape index (κ3) is 5.28. The number of ether oxygens (including phenoxy) is 1. The van der Waals surface area contributed by atoms with Crippen molar-refractivity contribution in [3.8, 4) is 0 Å². The van der Waals surface area contributed by atoms with E-state index in [2.05, 4.69) is 17.0 Å². The SMILES string of the molecule is CSc1cccc2sc(N(CCN3CCOCC3)C(=O)c3ccc(Cl)cc3)nc12.Cl. The van der Waals surface area contributed by atoms with E-state index in [0.717, 1.165) is 53.1 Å². The molecule has 0 saturated carbocycles. The van der Waals surface area contributed by atoms with Crippen LogP contribution in [0.15, 0.2) is 47.4 Å². The van der Waals surface area contributed by atoms with Crippen molar-refractivity contribution in [1.29, 1.82) is 0 Å². The highest BCUT2D eigenvalue weighted by Crippen LogP contribution is 2.34. The molecule has 1 fully saturated rings. The summed E-state index contributed by atoms with van der Waals surface area (Å²) in [6.45, 7) is 4.62. The molecular weight excluding hydrogens is 461 g/mol. The molecule has 160 valence electrons. The normalized spacial score (nSPS) is 14.5. The highest BCUT2D eigenvalue weighted by molar-refractivity contribution is 7.98. The largest absolute Gasteiger partial charge is 0.379 e. The summed E-state index contributed by atoms with van der Waals surface area (Å²) in [4.78, 5) is 23.5. The summed E-state index contributed by atoms with van der Waals surface area (Å²) in [5, 5.41) is 1.35. The Bertz CT molecular complexity index is 992. The number of thioether (sulfide) groups is 1. The van der Waals surface area contributed by atoms with Gasteiger partial charge in [0.15, 0.2) is 5.13 Å². The number of carbonyl (C=O) groups excluding carboxylic acids is 1. The van der Waals surface area contributed by atoms with Crippen molar-refractivity contribution < 1.29 is 9.53 Å². The minimum absolute atomic E-state index is 0. The summed E-state index contributed by atoms with van der Waals surface area (Å²) >= 11 is 9.24. The molecule has 1 aliphatic rings. The van der Waals surface area contributed by atoms with Gasteiger partial charge in [0, 0.05) is 41.7 Å². The lowest BCUT2D eigenvalue weighted by molar-refractivity contribution is 0.0391. The van der Waals surface area contributed by atoms with E-state index < -0.39 is 0 Å². The summed E-state index contributed by atoms with van der Waals surface area (Å²) in [6, 6.07) is 13.2. The first-order chi connectivity index (χ1) is 14.2. The Kier molecular flexibility index (Phi) is 8.39. The van der Waals surface area contributed by atoms with Crippen molar-refractivity contribution >= 4 is 68.4 Å². The number of rotatable bonds is 6. The molecule has 5 nitrogen and oxygen atoms in total. The molecule has 9 heteroatoms. The molecule has 30 heavy (non-hydrogen) atoms. The summed E-state index contributed by atoms with van der Waals surface area (Å²) in [7, 11) is 0. The van der Waals surface area contributed by atoms with E-state index in [1.165, 1.54) is 0 Å². The number of carbonyl (C=O) groups is 1. The molecule has 0 bridgehead atoms. The first-order valence-corrected chi connectivity index (χ1v) is 11.9. The standard InChI is InChI=1S/C21H22ClN3O2S2.ClH/c1-28-17-3-2-4-18-19(17)23-21(29-18)25(10-9-24-11-13-27-14-12-24)20(26)15-5-7-16(22)8-6-15;/h2-8H,9-14H2,1H3;1H. The van der Waals surface area contributed by atoms with E-state index in [1.54, 1.807) is 52.3 Å². The minimum atomic E-state index is -0.0558. The average Bonchev–Trinajstić information content (AvgIpc) is 3.19. The zero-order chi connectivity index (χ0) is 20.2. The highest BCUT2D eigenvalue weighted by atomic mass is 35.5. The Morgan fingerprint density at radius 3 is 2.67 bits per heavy atom. The van der Waals surface area contributed by atoms with Gasteiger partial charge >= 0.3 is 0 Å². The van der Waals surface area contributed by atoms with Crippen LogP contribution in [0, 0.1) is 0 Å². The monoisotopic (exact) mass is 483 g/mol. The van der Waals surface area contributed by atoms with Gasteiger partial charge in [-0.25, -0.2) is 4.98 Å². The number of morpholine rings is 1. The molecule has 0 atom stereocenters. The molecule has 1 saturated heterocycles. The lowest BCUT2D eigenvalue weighted by atomic mass is 10.2. The Labute approximate surface area is 195 Å². The van der Waals surface area contributed by atoms with Crippen LogP contribution in [0.25, 0.3) is 10.2 Å². The molecule has 1 amide bonds. The lowest BCUT2D eigenvalue weighted by Crippen LogP contribution is -2.43. The van der Waals surface area contributed by atoms with Gasteiger partial charge in [0.25, 0.3) is 5.91 Å². The Balaban J connectivity index is 0.00000256. The third-order valence-electron chi connectivity index (χ3n) is 4.90. The number of fused-ring (bicyclic) bond motifs is 1. The van der Waals surface area contributed by atoms with Gasteiger partial charge in [-0.2, -0.15) is 0 Å². The third-order valence-corrected chi connectivity index (χ3v) is 6.97. The van der Waals surface area contributed by atoms with Crippen molar-refractivity contribution in [2.75, 3.05) is 50.5 Å². The fraction of sp³-hybridized carbons (Fsp3) is 0.333. The fourth-order valence-electron chi connectivity index (χ4n) is 3.29.